The predicted octanol–water partition coefficient (Wildman–Crippen LogP) is 4.78. The molecular weight excluding hydrogens is 499 g/mol. The van der Waals surface area contributed by atoms with Gasteiger partial charge in [0.25, 0.3) is 5.91 Å². The van der Waals surface area contributed by atoms with Gasteiger partial charge in [-0.05, 0) is 12.8 Å². The van der Waals surface area contributed by atoms with Crippen LogP contribution in [0.25, 0.3) is 0 Å². The Morgan fingerprint density at radius 2 is 1.00 bits per heavy atom. The fourth-order valence-electron chi connectivity index (χ4n) is 2.65. The van der Waals surface area contributed by atoms with E-state index in [9.17, 15) is 75.8 Å². The van der Waals surface area contributed by atoms with Crippen molar-refractivity contribution >= 4 is 5.91 Å². The van der Waals surface area contributed by atoms with Gasteiger partial charge in [0.15, 0.2) is 0 Å². The first-order valence-corrected chi connectivity index (χ1v) is 8.24. The first kappa shape index (κ1) is 28.4. The van der Waals surface area contributed by atoms with Crippen molar-refractivity contribution in [3.63, 3.8) is 0 Å². The fourth-order valence-corrected chi connectivity index (χ4v) is 2.65. The zero-order valence-electron chi connectivity index (χ0n) is 15.0. The van der Waals surface area contributed by atoms with Crippen LogP contribution in [0.3, 0.4) is 0 Å². The standard InChI is InChI=1S/C14H12F15NO2/c15-8(16,7(32)30-5-3-1-2-4-6(5)31)9(17,18)10(19,20)11(21,22)12(23,24)13(25,26)14(27,28)29/h5-6,31H,1-4H2,(H,30,32)/t5-,6+/m0/s1. The van der Waals surface area contributed by atoms with Crippen LogP contribution in [0.1, 0.15) is 25.7 Å². The van der Waals surface area contributed by atoms with E-state index in [4.69, 9.17) is 0 Å². The van der Waals surface area contributed by atoms with Gasteiger partial charge in [-0.2, -0.15) is 65.9 Å². The molecule has 0 spiro atoms. The molecule has 2 atom stereocenters. The summed E-state index contributed by atoms with van der Waals surface area (Å²) in [7, 11) is 0. The van der Waals surface area contributed by atoms with Gasteiger partial charge in [-0.25, -0.2) is 0 Å². The van der Waals surface area contributed by atoms with Gasteiger partial charge < -0.3 is 10.4 Å². The first-order valence-electron chi connectivity index (χ1n) is 8.24. The summed E-state index contributed by atoms with van der Waals surface area (Å²) in [6.07, 6.45) is -9.66. The molecule has 1 rings (SSSR count). The average molecular weight is 511 g/mol. The van der Waals surface area contributed by atoms with Crippen LogP contribution in [0, 0.1) is 0 Å². The topological polar surface area (TPSA) is 49.3 Å². The maximum absolute atomic E-state index is 13.7. The zero-order chi connectivity index (χ0) is 25.8. The van der Waals surface area contributed by atoms with E-state index in [0.29, 0.717) is 0 Å². The van der Waals surface area contributed by atoms with E-state index in [1.165, 1.54) is 0 Å². The van der Waals surface area contributed by atoms with Gasteiger partial charge in [0.1, 0.15) is 0 Å². The third-order valence-corrected chi connectivity index (χ3v) is 4.66. The average Bonchev–Trinajstić information content (AvgIpc) is 2.61. The van der Waals surface area contributed by atoms with Crippen molar-refractivity contribution in [3.05, 3.63) is 0 Å². The SMILES string of the molecule is O=C(N[C@H]1CCCC[C@H]1O)C(F)(F)C(F)(F)C(F)(F)C(F)(F)C(F)(F)C(F)(F)C(F)(F)F. The minimum atomic E-state index is -8.45. The van der Waals surface area contributed by atoms with Crippen LogP contribution in [-0.2, 0) is 4.79 Å². The lowest BCUT2D eigenvalue weighted by Crippen LogP contribution is -2.74. The van der Waals surface area contributed by atoms with Crippen molar-refractivity contribution < 1.29 is 75.8 Å². The van der Waals surface area contributed by atoms with E-state index in [-0.39, 0.29) is 19.3 Å². The minimum Gasteiger partial charge on any atom is -0.391 e. The summed E-state index contributed by atoms with van der Waals surface area (Å²) in [5.74, 6) is -51.6. The highest BCUT2D eigenvalue weighted by Gasteiger charge is 2.94. The summed E-state index contributed by atoms with van der Waals surface area (Å²) in [5.41, 5.74) is 0. The lowest BCUT2D eigenvalue weighted by atomic mass is 9.89. The van der Waals surface area contributed by atoms with Gasteiger partial charge in [0, 0.05) is 0 Å². The number of carbonyl (C=O) groups is 1. The van der Waals surface area contributed by atoms with Crippen LogP contribution < -0.4 is 5.32 Å². The summed E-state index contributed by atoms with van der Waals surface area (Å²) >= 11 is 0. The molecule has 1 fully saturated rings. The summed E-state index contributed by atoms with van der Waals surface area (Å²) in [6.45, 7) is 0. The van der Waals surface area contributed by atoms with E-state index in [1.54, 1.807) is 0 Å². The molecule has 0 aromatic carbocycles. The van der Waals surface area contributed by atoms with Crippen molar-refractivity contribution in [3.8, 4) is 0 Å². The molecular formula is C14H12F15NO2. The van der Waals surface area contributed by atoms with Crippen molar-refractivity contribution in [1.29, 1.82) is 0 Å². The van der Waals surface area contributed by atoms with Crippen molar-refractivity contribution in [2.45, 2.75) is 79.5 Å². The van der Waals surface area contributed by atoms with Gasteiger partial charge in [0.2, 0.25) is 0 Å². The lowest BCUT2D eigenvalue weighted by molar-refractivity contribution is -0.449. The number of amides is 1. The summed E-state index contributed by atoms with van der Waals surface area (Å²) in [4.78, 5) is 11.4. The largest absolute Gasteiger partial charge is 0.460 e. The molecule has 32 heavy (non-hydrogen) atoms. The molecule has 0 saturated heterocycles. The van der Waals surface area contributed by atoms with Gasteiger partial charge >= 0.3 is 41.7 Å². The van der Waals surface area contributed by atoms with E-state index in [1.807, 2.05) is 0 Å². The number of halogens is 15. The van der Waals surface area contributed by atoms with Gasteiger partial charge in [-0.3, -0.25) is 4.79 Å². The van der Waals surface area contributed by atoms with Crippen molar-refractivity contribution in [1.82, 2.24) is 5.32 Å². The van der Waals surface area contributed by atoms with Crippen LogP contribution in [0.2, 0.25) is 0 Å². The number of alkyl halides is 15. The third-order valence-electron chi connectivity index (χ3n) is 4.66. The predicted molar refractivity (Wildman–Crippen MR) is 72.1 cm³/mol. The molecule has 1 aliphatic carbocycles. The summed E-state index contributed by atoms with van der Waals surface area (Å²) in [6, 6.07) is -1.79. The highest BCUT2D eigenvalue weighted by Crippen LogP contribution is 2.62. The number of rotatable bonds is 7. The van der Waals surface area contributed by atoms with Gasteiger partial charge in [0.05, 0.1) is 12.1 Å². The quantitative estimate of drug-likeness (QED) is 0.484. The van der Waals surface area contributed by atoms with Crippen LogP contribution in [0.15, 0.2) is 0 Å². The highest BCUT2D eigenvalue weighted by molar-refractivity contribution is 5.85. The molecule has 0 aliphatic heterocycles. The molecule has 3 nitrogen and oxygen atoms in total. The number of aliphatic hydroxyl groups excluding tert-OH is 1. The Bertz CT molecular complexity index is 703. The molecule has 0 aromatic rings. The van der Waals surface area contributed by atoms with Gasteiger partial charge in [-0.15, -0.1) is 0 Å². The molecule has 0 aromatic heterocycles. The number of hydrogen-bond donors (Lipinski definition) is 2. The molecule has 0 unspecified atom stereocenters. The molecule has 0 bridgehead atoms. The molecule has 1 aliphatic rings. The van der Waals surface area contributed by atoms with Crippen LogP contribution in [-0.4, -0.2) is 64.9 Å². The molecule has 2 N–H and O–H groups in total. The Morgan fingerprint density at radius 3 is 1.41 bits per heavy atom. The van der Waals surface area contributed by atoms with Crippen LogP contribution in [0.5, 0.6) is 0 Å². The zero-order valence-corrected chi connectivity index (χ0v) is 15.0. The first-order chi connectivity index (χ1) is 13.9. The Kier molecular flexibility index (Phi) is 7.10. The Morgan fingerprint density at radius 1 is 0.625 bits per heavy atom. The van der Waals surface area contributed by atoms with Crippen molar-refractivity contribution in [2.24, 2.45) is 0 Å². The molecule has 1 amide bonds. The summed E-state index contributed by atoms with van der Waals surface area (Å²) < 4.78 is 196. The highest BCUT2D eigenvalue weighted by atomic mass is 19.4. The van der Waals surface area contributed by atoms with Crippen LogP contribution in [0.4, 0.5) is 65.9 Å². The number of carbonyl (C=O) groups excluding carboxylic acids is 1. The second-order valence-corrected chi connectivity index (χ2v) is 6.88. The molecule has 18 heteroatoms. The molecule has 0 radical (unpaired) electrons. The Balaban J connectivity index is 3.40. The summed E-state index contributed by atoms with van der Waals surface area (Å²) in [5, 5.41) is 10.4. The maximum Gasteiger partial charge on any atom is 0.460 e. The van der Waals surface area contributed by atoms with Gasteiger partial charge in [-0.1, -0.05) is 12.8 Å². The number of aliphatic hydroxyl groups is 1. The number of nitrogens with one attached hydrogen (secondary N) is 1. The lowest BCUT2D eigenvalue weighted by Gasteiger charge is -2.41. The monoisotopic (exact) mass is 511 g/mol. The molecule has 190 valence electrons. The van der Waals surface area contributed by atoms with E-state index >= 15 is 0 Å². The smallest absolute Gasteiger partial charge is 0.391 e. The van der Waals surface area contributed by atoms with E-state index < -0.39 is 66.2 Å². The number of hydrogen-bond acceptors (Lipinski definition) is 2. The van der Waals surface area contributed by atoms with Crippen LogP contribution >= 0.6 is 0 Å². The maximum atomic E-state index is 13.7. The van der Waals surface area contributed by atoms with E-state index in [0.717, 1.165) is 5.32 Å². The van der Waals surface area contributed by atoms with E-state index in [2.05, 4.69) is 0 Å². The fraction of sp³-hybridized carbons (Fsp3) is 0.929. The Labute approximate surface area is 167 Å². The second kappa shape index (κ2) is 8.00. The Hall–Kier alpha value is -1.62. The third kappa shape index (κ3) is 3.95. The van der Waals surface area contributed by atoms with Crippen molar-refractivity contribution in [2.75, 3.05) is 0 Å². The molecule has 0 heterocycles. The second-order valence-electron chi connectivity index (χ2n) is 6.88. The normalized spacial score (nSPS) is 22.6. The molecule has 1 saturated carbocycles. The minimum absolute atomic E-state index is 0.0803.